The van der Waals surface area contributed by atoms with Crippen LogP contribution in [0.4, 0.5) is 5.69 Å². The van der Waals surface area contributed by atoms with Gasteiger partial charge in [0.05, 0.1) is 10.2 Å². The number of halogens is 1. The fourth-order valence-corrected chi connectivity index (χ4v) is 3.78. The van der Waals surface area contributed by atoms with Gasteiger partial charge in [-0.2, -0.15) is 0 Å². The first kappa shape index (κ1) is 15.9. The predicted molar refractivity (Wildman–Crippen MR) is 105 cm³/mol. The van der Waals surface area contributed by atoms with E-state index in [1.807, 2.05) is 29.6 Å². The van der Waals surface area contributed by atoms with Crippen molar-refractivity contribution in [2.75, 3.05) is 5.32 Å². The van der Waals surface area contributed by atoms with Crippen LogP contribution in [0.25, 0.3) is 10.2 Å². The van der Waals surface area contributed by atoms with Crippen molar-refractivity contribution in [1.82, 2.24) is 4.57 Å². The van der Waals surface area contributed by atoms with Crippen molar-refractivity contribution >= 4 is 44.7 Å². The van der Waals surface area contributed by atoms with E-state index in [2.05, 4.69) is 28.1 Å². The Balaban J connectivity index is 1.68. The summed E-state index contributed by atoms with van der Waals surface area (Å²) in [6, 6.07) is 21.3. The highest BCUT2D eigenvalue weighted by atomic mass is 35.5. The molecule has 0 spiro atoms. The molecule has 1 amide bonds. The third-order valence-electron chi connectivity index (χ3n) is 4.04. The van der Waals surface area contributed by atoms with E-state index in [1.165, 1.54) is 0 Å². The molecule has 0 aliphatic carbocycles. The molecule has 0 fully saturated rings. The SMILES string of the molecule is O=C(Nc1ccc(Cl)cc1)c1cc2sccc2n1Cc1ccccc1. The van der Waals surface area contributed by atoms with Gasteiger partial charge in [-0.25, -0.2) is 0 Å². The summed E-state index contributed by atoms with van der Waals surface area (Å²) in [6.45, 7) is 0.657. The van der Waals surface area contributed by atoms with Gasteiger partial charge >= 0.3 is 0 Å². The Morgan fingerprint density at radius 1 is 1.04 bits per heavy atom. The normalized spacial score (nSPS) is 10.9. The van der Waals surface area contributed by atoms with Crippen molar-refractivity contribution < 1.29 is 4.79 Å². The number of amides is 1. The molecule has 1 N–H and O–H groups in total. The third-order valence-corrected chi connectivity index (χ3v) is 5.15. The van der Waals surface area contributed by atoms with Crippen molar-refractivity contribution in [2.45, 2.75) is 6.54 Å². The second kappa shape index (κ2) is 6.75. The molecular formula is C20H15ClN2OS. The van der Waals surface area contributed by atoms with Gasteiger partial charge in [-0.15, -0.1) is 11.3 Å². The second-order valence-corrected chi connectivity index (χ2v) is 7.12. The molecular weight excluding hydrogens is 352 g/mol. The van der Waals surface area contributed by atoms with Crippen LogP contribution in [0, 0.1) is 0 Å². The van der Waals surface area contributed by atoms with Crippen LogP contribution in [0.3, 0.4) is 0 Å². The molecule has 2 aromatic carbocycles. The van der Waals surface area contributed by atoms with Crippen LogP contribution in [-0.4, -0.2) is 10.5 Å². The molecule has 0 atom stereocenters. The molecule has 124 valence electrons. The van der Waals surface area contributed by atoms with Crippen molar-refractivity contribution in [3.8, 4) is 0 Å². The standard InChI is InChI=1S/C20H15ClN2OS/c21-15-6-8-16(9-7-15)22-20(24)18-12-19-17(10-11-25-19)23(18)13-14-4-2-1-3-5-14/h1-12H,13H2,(H,22,24). The molecule has 2 heterocycles. The summed E-state index contributed by atoms with van der Waals surface area (Å²) in [6.07, 6.45) is 0. The summed E-state index contributed by atoms with van der Waals surface area (Å²) in [4.78, 5) is 12.8. The van der Waals surface area contributed by atoms with Crippen LogP contribution in [-0.2, 0) is 6.54 Å². The highest BCUT2D eigenvalue weighted by Crippen LogP contribution is 2.27. The highest BCUT2D eigenvalue weighted by molar-refractivity contribution is 7.17. The van der Waals surface area contributed by atoms with Crippen molar-refractivity contribution in [3.05, 3.63) is 88.4 Å². The molecule has 0 aliphatic heterocycles. The minimum absolute atomic E-state index is 0.123. The average molecular weight is 367 g/mol. The molecule has 0 saturated heterocycles. The first-order chi connectivity index (χ1) is 12.2. The maximum absolute atomic E-state index is 12.8. The number of hydrogen-bond donors (Lipinski definition) is 1. The van der Waals surface area contributed by atoms with Gasteiger partial charge in [-0.05, 0) is 47.3 Å². The van der Waals surface area contributed by atoms with Crippen LogP contribution in [0.5, 0.6) is 0 Å². The number of carbonyl (C=O) groups excluding carboxylic acids is 1. The third kappa shape index (κ3) is 3.31. The molecule has 0 saturated carbocycles. The van der Waals surface area contributed by atoms with E-state index in [4.69, 9.17) is 11.6 Å². The molecule has 0 aliphatic rings. The Kier molecular flexibility index (Phi) is 4.30. The summed E-state index contributed by atoms with van der Waals surface area (Å²) < 4.78 is 3.17. The number of carbonyl (C=O) groups is 1. The lowest BCUT2D eigenvalue weighted by molar-refractivity contribution is 0.101. The second-order valence-electron chi connectivity index (χ2n) is 5.73. The van der Waals surface area contributed by atoms with Gasteiger partial charge in [0.1, 0.15) is 5.69 Å². The van der Waals surface area contributed by atoms with Gasteiger partial charge in [0.15, 0.2) is 0 Å². The first-order valence-corrected chi connectivity index (χ1v) is 9.14. The van der Waals surface area contributed by atoms with Crippen LogP contribution in [0.1, 0.15) is 16.1 Å². The summed E-state index contributed by atoms with van der Waals surface area (Å²) >= 11 is 7.54. The van der Waals surface area contributed by atoms with Crippen LogP contribution in [0.2, 0.25) is 5.02 Å². The van der Waals surface area contributed by atoms with Crippen LogP contribution >= 0.6 is 22.9 Å². The van der Waals surface area contributed by atoms with E-state index in [-0.39, 0.29) is 5.91 Å². The molecule has 4 aromatic rings. The summed E-state index contributed by atoms with van der Waals surface area (Å²) in [5.74, 6) is -0.123. The summed E-state index contributed by atoms with van der Waals surface area (Å²) in [5.41, 5.74) is 3.62. The molecule has 5 heteroatoms. The lowest BCUT2D eigenvalue weighted by atomic mass is 10.2. The fraction of sp³-hybridized carbons (Fsp3) is 0.0500. The van der Waals surface area contributed by atoms with Crippen molar-refractivity contribution in [1.29, 1.82) is 0 Å². The smallest absolute Gasteiger partial charge is 0.272 e. The quantitative estimate of drug-likeness (QED) is 0.497. The van der Waals surface area contributed by atoms with E-state index in [9.17, 15) is 4.79 Å². The number of nitrogens with zero attached hydrogens (tertiary/aromatic N) is 1. The number of fused-ring (bicyclic) bond motifs is 1. The maximum atomic E-state index is 12.8. The number of thiophene rings is 1. The van der Waals surface area contributed by atoms with Gasteiger partial charge in [-0.3, -0.25) is 4.79 Å². The van der Waals surface area contributed by atoms with E-state index < -0.39 is 0 Å². The van der Waals surface area contributed by atoms with Crippen molar-refractivity contribution in [2.24, 2.45) is 0 Å². The molecule has 0 unspecified atom stereocenters. The van der Waals surface area contributed by atoms with Crippen molar-refractivity contribution in [3.63, 3.8) is 0 Å². The number of anilines is 1. The molecule has 0 radical (unpaired) electrons. The average Bonchev–Trinajstić information content (AvgIpc) is 3.21. The van der Waals surface area contributed by atoms with E-state index >= 15 is 0 Å². The van der Waals surface area contributed by atoms with E-state index in [1.54, 1.807) is 35.6 Å². The first-order valence-electron chi connectivity index (χ1n) is 7.88. The highest BCUT2D eigenvalue weighted by Gasteiger charge is 2.17. The van der Waals surface area contributed by atoms with Gasteiger partial charge < -0.3 is 9.88 Å². The number of nitrogens with one attached hydrogen (secondary N) is 1. The topological polar surface area (TPSA) is 34.0 Å². The number of aromatic nitrogens is 1. The van der Waals surface area contributed by atoms with Gasteiger partial charge in [0.2, 0.25) is 0 Å². The number of hydrogen-bond acceptors (Lipinski definition) is 2. The lowest BCUT2D eigenvalue weighted by Gasteiger charge is -2.11. The molecule has 0 bridgehead atoms. The van der Waals surface area contributed by atoms with Gasteiger partial charge in [0.25, 0.3) is 5.91 Å². The number of benzene rings is 2. The Morgan fingerprint density at radius 2 is 1.80 bits per heavy atom. The van der Waals surface area contributed by atoms with E-state index in [0.29, 0.717) is 17.3 Å². The monoisotopic (exact) mass is 366 g/mol. The summed E-state index contributed by atoms with van der Waals surface area (Å²) in [5, 5.41) is 5.64. The zero-order valence-electron chi connectivity index (χ0n) is 13.3. The minimum atomic E-state index is -0.123. The molecule has 4 rings (SSSR count). The Hall–Kier alpha value is -2.56. The summed E-state index contributed by atoms with van der Waals surface area (Å²) in [7, 11) is 0. The van der Waals surface area contributed by atoms with Gasteiger partial charge in [0, 0.05) is 17.3 Å². The lowest BCUT2D eigenvalue weighted by Crippen LogP contribution is -2.17. The van der Waals surface area contributed by atoms with Crippen LogP contribution < -0.4 is 5.32 Å². The fourth-order valence-electron chi connectivity index (χ4n) is 2.83. The zero-order valence-corrected chi connectivity index (χ0v) is 14.8. The Morgan fingerprint density at radius 3 is 2.56 bits per heavy atom. The van der Waals surface area contributed by atoms with Gasteiger partial charge in [-0.1, -0.05) is 41.9 Å². The Bertz CT molecular complexity index is 1020. The van der Waals surface area contributed by atoms with E-state index in [0.717, 1.165) is 21.5 Å². The number of rotatable bonds is 4. The zero-order chi connectivity index (χ0) is 17.2. The molecule has 2 aromatic heterocycles. The molecule has 25 heavy (non-hydrogen) atoms. The molecule has 3 nitrogen and oxygen atoms in total. The Labute approximate surface area is 154 Å². The minimum Gasteiger partial charge on any atom is -0.331 e. The predicted octanol–water partition coefficient (Wildman–Crippen LogP) is 5.66. The van der Waals surface area contributed by atoms with Crippen LogP contribution in [0.15, 0.2) is 72.1 Å². The maximum Gasteiger partial charge on any atom is 0.272 e. The largest absolute Gasteiger partial charge is 0.331 e.